The summed E-state index contributed by atoms with van der Waals surface area (Å²) in [5.41, 5.74) is -0.274. The number of carboxylic acids is 1. The van der Waals surface area contributed by atoms with Gasteiger partial charge in [-0.05, 0) is 38.0 Å². The molecule has 2 N–H and O–H groups in total. The summed E-state index contributed by atoms with van der Waals surface area (Å²) in [7, 11) is 0. The topological polar surface area (TPSA) is 86.7 Å². The van der Waals surface area contributed by atoms with Crippen molar-refractivity contribution >= 4 is 23.5 Å². The molecule has 0 saturated carbocycles. The summed E-state index contributed by atoms with van der Waals surface area (Å²) in [6.07, 6.45) is 2.32. The number of anilines is 1. The zero-order valence-corrected chi connectivity index (χ0v) is 13.5. The van der Waals surface area contributed by atoms with Crippen molar-refractivity contribution in [3.8, 4) is 0 Å². The zero-order valence-electron chi connectivity index (χ0n) is 13.5. The van der Waals surface area contributed by atoms with Crippen molar-refractivity contribution in [1.29, 1.82) is 0 Å². The standard InChI is InChI=1S/C17H22N2O4/c1-3-9-17(2,16(22)23)18-15(21)12-6-4-7-13(11-12)19-10-5-8-14(19)20/h4,6-7,11H,3,5,8-10H2,1-2H3,(H,18,21)(H,22,23). The molecule has 124 valence electrons. The summed E-state index contributed by atoms with van der Waals surface area (Å²) in [5.74, 6) is -1.46. The minimum absolute atomic E-state index is 0.0453. The van der Waals surface area contributed by atoms with Crippen molar-refractivity contribution in [2.75, 3.05) is 11.4 Å². The summed E-state index contributed by atoms with van der Waals surface area (Å²) in [6, 6.07) is 6.73. The smallest absolute Gasteiger partial charge is 0.329 e. The van der Waals surface area contributed by atoms with Crippen LogP contribution in [-0.2, 0) is 9.59 Å². The molecule has 1 aromatic carbocycles. The van der Waals surface area contributed by atoms with Gasteiger partial charge in [-0.2, -0.15) is 0 Å². The van der Waals surface area contributed by atoms with Gasteiger partial charge in [0.2, 0.25) is 5.91 Å². The summed E-state index contributed by atoms with van der Waals surface area (Å²) >= 11 is 0. The van der Waals surface area contributed by atoms with E-state index in [1.54, 1.807) is 29.2 Å². The maximum absolute atomic E-state index is 12.4. The molecule has 6 nitrogen and oxygen atoms in total. The molecule has 2 rings (SSSR count). The second kappa shape index (κ2) is 6.81. The number of benzene rings is 1. The Hall–Kier alpha value is -2.37. The highest BCUT2D eigenvalue weighted by atomic mass is 16.4. The molecule has 1 aliphatic heterocycles. The molecule has 0 bridgehead atoms. The number of carbonyl (C=O) groups excluding carboxylic acids is 2. The molecule has 2 amide bonds. The van der Waals surface area contributed by atoms with Gasteiger partial charge < -0.3 is 15.3 Å². The van der Waals surface area contributed by atoms with E-state index in [4.69, 9.17) is 0 Å². The number of hydrogen-bond donors (Lipinski definition) is 2. The molecule has 1 atom stereocenters. The number of rotatable bonds is 6. The summed E-state index contributed by atoms with van der Waals surface area (Å²) in [6.45, 7) is 4.02. The Morgan fingerprint density at radius 2 is 2.13 bits per heavy atom. The van der Waals surface area contributed by atoms with Crippen molar-refractivity contribution < 1.29 is 19.5 Å². The first-order chi connectivity index (χ1) is 10.9. The number of carbonyl (C=O) groups is 3. The van der Waals surface area contributed by atoms with Crippen molar-refractivity contribution in [3.05, 3.63) is 29.8 Å². The van der Waals surface area contributed by atoms with Crippen molar-refractivity contribution in [2.24, 2.45) is 0 Å². The maximum Gasteiger partial charge on any atom is 0.329 e. The van der Waals surface area contributed by atoms with Crippen LogP contribution in [0.4, 0.5) is 5.69 Å². The van der Waals surface area contributed by atoms with Crippen molar-refractivity contribution in [3.63, 3.8) is 0 Å². The van der Waals surface area contributed by atoms with E-state index in [9.17, 15) is 19.5 Å². The van der Waals surface area contributed by atoms with Crippen LogP contribution in [0.1, 0.15) is 49.9 Å². The lowest BCUT2D eigenvalue weighted by molar-refractivity contribution is -0.144. The predicted octanol–water partition coefficient (Wildman–Crippen LogP) is 2.19. The highest BCUT2D eigenvalue weighted by Crippen LogP contribution is 2.23. The lowest BCUT2D eigenvalue weighted by Crippen LogP contribution is -2.52. The van der Waals surface area contributed by atoms with Crippen LogP contribution in [0.2, 0.25) is 0 Å². The second-order valence-electron chi connectivity index (χ2n) is 6.04. The molecule has 0 spiro atoms. The van der Waals surface area contributed by atoms with Crippen LogP contribution in [0, 0.1) is 0 Å². The van der Waals surface area contributed by atoms with Gasteiger partial charge in [0.25, 0.3) is 5.91 Å². The minimum atomic E-state index is -1.30. The fourth-order valence-corrected chi connectivity index (χ4v) is 2.78. The molecule has 1 saturated heterocycles. The van der Waals surface area contributed by atoms with Crippen LogP contribution >= 0.6 is 0 Å². The molecule has 23 heavy (non-hydrogen) atoms. The monoisotopic (exact) mass is 318 g/mol. The number of carboxylic acid groups (broad SMARTS) is 1. The van der Waals surface area contributed by atoms with Crippen LogP contribution in [0.5, 0.6) is 0 Å². The van der Waals surface area contributed by atoms with Crippen LogP contribution < -0.4 is 10.2 Å². The third kappa shape index (κ3) is 3.70. The highest BCUT2D eigenvalue weighted by molar-refractivity contribution is 6.00. The van der Waals surface area contributed by atoms with Crippen LogP contribution in [-0.4, -0.2) is 35.0 Å². The third-order valence-electron chi connectivity index (χ3n) is 4.10. The Balaban J connectivity index is 2.19. The van der Waals surface area contributed by atoms with Crippen LogP contribution in [0.15, 0.2) is 24.3 Å². The van der Waals surface area contributed by atoms with Crippen LogP contribution in [0.3, 0.4) is 0 Å². The Labute approximate surface area is 135 Å². The van der Waals surface area contributed by atoms with E-state index in [0.29, 0.717) is 37.1 Å². The molecule has 0 aliphatic carbocycles. The van der Waals surface area contributed by atoms with Crippen molar-refractivity contribution in [1.82, 2.24) is 5.32 Å². The molecule has 1 aromatic rings. The first kappa shape index (κ1) is 17.0. The Morgan fingerprint density at radius 3 is 2.70 bits per heavy atom. The lowest BCUT2D eigenvalue weighted by Gasteiger charge is -2.26. The fourth-order valence-electron chi connectivity index (χ4n) is 2.78. The zero-order chi connectivity index (χ0) is 17.0. The third-order valence-corrected chi connectivity index (χ3v) is 4.10. The van der Waals surface area contributed by atoms with Crippen LogP contribution in [0.25, 0.3) is 0 Å². The molecule has 1 unspecified atom stereocenters. The van der Waals surface area contributed by atoms with Gasteiger partial charge in [-0.3, -0.25) is 9.59 Å². The number of nitrogens with one attached hydrogen (secondary N) is 1. The largest absolute Gasteiger partial charge is 0.480 e. The molecule has 1 fully saturated rings. The SMILES string of the molecule is CCCC(C)(NC(=O)c1cccc(N2CCCC2=O)c1)C(=O)O. The van der Waals surface area contributed by atoms with Gasteiger partial charge in [0, 0.05) is 24.2 Å². The molecule has 0 radical (unpaired) electrons. The molecule has 6 heteroatoms. The average Bonchev–Trinajstić information content (AvgIpc) is 2.93. The van der Waals surface area contributed by atoms with Gasteiger partial charge in [0.05, 0.1) is 0 Å². The summed E-state index contributed by atoms with van der Waals surface area (Å²) < 4.78 is 0. The Kier molecular flexibility index (Phi) is 5.03. The van der Waals surface area contributed by atoms with Gasteiger partial charge in [0.1, 0.15) is 5.54 Å². The van der Waals surface area contributed by atoms with E-state index in [-0.39, 0.29) is 5.91 Å². The molecular weight excluding hydrogens is 296 g/mol. The molecule has 1 aliphatic rings. The fraction of sp³-hybridized carbons (Fsp3) is 0.471. The Bertz CT molecular complexity index is 629. The highest BCUT2D eigenvalue weighted by Gasteiger charge is 2.34. The number of aliphatic carboxylic acids is 1. The maximum atomic E-state index is 12.4. The quantitative estimate of drug-likeness (QED) is 0.841. The van der Waals surface area contributed by atoms with Crippen molar-refractivity contribution in [2.45, 2.75) is 45.1 Å². The number of hydrogen-bond acceptors (Lipinski definition) is 3. The van der Waals surface area contributed by atoms with Gasteiger partial charge in [0.15, 0.2) is 0 Å². The predicted molar refractivity (Wildman–Crippen MR) is 86.4 cm³/mol. The molecular formula is C17H22N2O4. The van der Waals surface area contributed by atoms with Gasteiger partial charge in [-0.15, -0.1) is 0 Å². The van der Waals surface area contributed by atoms with E-state index in [1.165, 1.54) is 6.92 Å². The first-order valence-corrected chi connectivity index (χ1v) is 7.84. The van der Waals surface area contributed by atoms with E-state index in [1.807, 2.05) is 6.92 Å². The molecule has 0 aromatic heterocycles. The van der Waals surface area contributed by atoms with E-state index < -0.39 is 17.4 Å². The first-order valence-electron chi connectivity index (χ1n) is 7.84. The van der Waals surface area contributed by atoms with E-state index >= 15 is 0 Å². The van der Waals surface area contributed by atoms with E-state index in [0.717, 1.165) is 6.42 Å². The van der Waals surface area contributed by atoms with Gasteiger partial charge in [-0.25, -0.2) is 4.79 Å². The molecule has 1 heterocycles. The Morgan fingerprint density at radius 1 is 1.39 bits per heavy atom. The number of amides is 2. The minimum Gasteiger partial charge on any atom is -0.480 e. The summed E-state index contributed by atoms with van der Waals surface area (Å²) in [4.78, 5) is 37.3. The van der Waals surface area contributed by atoms with Gasteiger partial charge >= 0.3 is 5.97 Å². The van der Waals surface area contributed by atoms with Gasteiger partial charge in [-0.1, -0.05) is 19.4 Å². The average molecular weight is 318 g/mol. The number of nitrogens with zero attached hydrogens (tertiary/aromatic N) is 1. The summed E-state index contributed by atoms with van der Waals surface area (Å²) in [5, 5.41) is 12.0. The normalized spacial score (nSPS) is 17.0. The lowest BCUT2D eigenvalue weighted by atomic mass is 9.95. The van der Waals surface area contributed by atoms with E-state index in [2.05, 4.69) is 5.32 Å². The second-order valence-corrected chi connectivity index (χ2v) is 6.04.